The third-order valence-electron chi connectivity index (χ3n) is 7.55. The highest BCUT2D eigenvalue weighted by Gasteiger charge is 2.48. The second-order valence-electron chi connectivity index (χ2n) is 9.85. The van der Waals surface area contributed by atoms with Crippen LogP contribution in [-0.2, 0) is 34.2 Å². The van der Waals surface area contributed by atoms with Crippen LogP contribution < -0.4 is 10.5 Å². The Balaban J connectivity index is 1.52. The number of sulfonamides is 1. The van der Waals surface area contributed by atoms with Crippen molar-refractivity contribution in [2.45, 2.75) is 75.3 Å². The van der Waals surface area contributed by atoms with Gasteiger partial charge in [-0.2, -0.15) is 5.26 Å². The van der Waals surface area contributed by atoms with Gasteiger partial charge >= 0.3 is 0 Å². The molecule has 2 aromatic rings. The molecule has 1 aliphatic heterocycles. The number of hydrogen-bond acceptors (Lipinski definition) is 6. The summed E-state index contributed by atoms with van der Waals surface area (Å²) in [7, 11) is -3.81. The number of fused-ring (bicyclic) bond motifs is 1. The van der Waals surface area contributed by atoms with Crippen molar-refractivity contribution < 1.29 is 22.0 Å². The number of halogens is 2. The van der Waals surface area contributed by atoms with Gasteiger partial charge in [0.1, 0.15) is 11.1 Å². The van der Waals surface area contributed by atoms with E-state index in [1.54, 1.807) is 0 Å². The number of primary sulfonamides is 1. The molecule has 36 heavy (non-hydrogen) atoms. The molecule has 1 aromatic carbocycles. The fourth-order valence-corrected chi connectivity index (χ4v) is 7.21. The number of nitrogens with two attached hydrogens (primary N) is 1. The molecule has 1 aliphatic carbocycles. The predicted octanol–water partition coefficient (Wildman–Crippen LogP) is 4.41. The number of thiophene rings is 1. The van der Waals surface area contributed by atoms with E-state index in [-0.39, 0.29) is 41.5 Å². The van der Waals surface area contributed by atoms with Crippen LogP contribution >= 0.6 is 11.3 Å². The van der Waals surface area contributed by atoms with Crippen LogP contribution in [0.3, 0.4) is 0 Å². The van der Waals surface area contributed by atoms with Crippen LogP contribution in [0.5, 0.6) is 0 Å². The molecule has 2 aliphatic rings. The monoisotopic (exact) mass is 536 g/mol. The zero-order valence-electron chi connectivity index (χ0n) is 20.3. The molecule has 0 radical (unpaired) electrons. The lowest BCUT2D eigenvalue weighted by Crippen LogP contribution is -2.55. The van der Waals surface area contributed by atoms with Crippen molar-refractivity contribution in [2.75, 3.05) is 11.9 Å². The Bertz CT molecular complexity index is 1290. The first-order valence-electron chi connectivity index (χ1n) is 12.0. The van der Waals surface area contributed by atoms with Crippen LogP contribution in [0.1, 0.15) is 61.1 Å². The molecule has 7 nitrogen and oxygen atoms in total. The molecule has 4 rings (SSSR count). The summed E-state index contributed by atoms with van der Waals surface area (Å²) < 4.78 is 49.8. The molecule has 0 unspecified atom stereocenters. The van der Waals surface area contributed by atoms with Gasteiger partial charge in [0.05, 0.1) is 16.9 Å². The molecular weight excluding hydrogens is 506 g/mol. The molecule has 0 bridgehead atoms. The lowest BCUT2D eigenvalue weighted by Gasteiger charge is -2.49. The van der Waals surface area contributed by atoms with Gasteiger partial charge in [-0.1, -0.05) is 26.0 Å². The maximum absolute atomic E-state index is 13.5. The fraction of sp³-hybridized carbons (Fsp3) is 0.520. The number of nitrogens with zero attached hydrogens (tertiary/aromatic N) is 2. The smallest absolute Gasteiger partial charge is 0.248 e. The van der Waals surface area contributed by atoms with E-state index in [9.17, 15) is 27.3 Å². The van der Waals surface area contributed by atoms with Crippen LogP contribution in [0.15, 0.2) is 29.2 Å². The number of nitrogens with one attached hydrogen (secondary N) is 1. The number of anilines is 1. The minimum absolute atomic E-state index is 0.00814. The summed E-state index contributed by atoms with van der Waals surface area (Å²) >= 11 is 1.41. The number of carbonyl (C=O) groups is 1. The van der Waals surface area contributed by atoms with Gasteiger partial charge < -0.3 is 5.32 Å². The van der Waals surface area contributed by atoms with Gasteiger partial charge in [-0.05, 0) is 36.5 Å². The highest BCUT2D eigenvalue weighted by molar-refractivity contribution is 7.89. The van der Waals surface area contributed by atoms with E-state index in [4.69, 9.17) is 5.14 Å². The molecular formula is C25H30F2N4O3S2. The normalized spacial score (nSPS) is 19.2. The molecule has 3 N–H and O–H groups in total. The SMILES string of the molecule is CCC1(CC)Cc2sc(NC(=O)Cc3ccc(S(N)(=O)=O)cc3)c(C#N)c2CN1CC1CC(F)(F)C1. The Hall–Kier alpha value is -2.39. The van der Waals surface area contributed by atoms with E-state index in [1.165, 1.54) is 35.6 Å². The van der Waals surface area contributed by atoms with E-state index in [0.29, 0.717) is 35.6 Å². The molecule has 1 amide bonds. The van der Waals surface area contributed by atoms with Gasteiger partial charge in [0.15, 0.2) is 0 Å². The average Bonchev–Trinajstić information content (AvgIpc) is 3.12. The standard InChI is InChI=1S/C25H30F2N4O3S2/c1-3-24(4-2)12-21-20(15-31(24)14-17-10-25(26,27)11-17)19(13-28)23(35-21)30-22(32)9-16-5-7-18(8-6-16)36(29,33)34/h5-8,17H,3-4,9-12,14-15H2,1-2H3,(H,30,32)(H2,29,33,34). The highest BCUT2D eigenvalue weighted by atomic mass is 32.2. The van der Waals surface area contributed by atoms with Gasteiger partial charge in [-0.3, -0.25) is 9.69 Å². The van der Waals surface area contributed by atoms with Crippen molar-refractivity contribution in [2.24, 2.45) is 11.1 Å². The Morgan fingerprint density at radius 1 is 1.25 bits per heavy atom. The van der Waals surface area contributed by atoms with E-state index in [1.807, 2.05) is 0 Å². The second-order valence-corrected chi connectivity index (χ2v) is 12.5. The van der Waals surface area contributed by atoms with E-state index >= 15 is 0 Å². The first-order valence-corrected chi connectivity index (χ1v) is 14.3. The van der Waals surface area contributed by atoms with Crippen molar-refractivity contribution in [3.05, 3.63) is 45.8 Å². The predicted molar refractivity (Wildman–Crippen MR) is 134 cm³/mol. The molecule has 1 fully saturated rings. The second kappa shape index (κ2) is 9.82. The molecule has 1 saturated carbocycles. The largest absolute Gasteiger partial charge is 0.316 e. The first kappa shape index (κ1) is 26.7. The lowest BCUT2D eigenvalue weighted by atomic mass is 9.77. The third-order valence-corrected chi connectivity index (χ3v) is 9.63. The first-order chi connectivity index (χ1) is 16.9. The van der Waals surface area contributed by atoms with Crippen LogP contribution in [0, 0.1) is 17.2 Å². The molecule has 1 aromatic heterocycles. The number of rotatable bonds is 8. The summed E-state index contributed by atoms with van der Waals surface area (Å²) in [5.74, 6) is -2.94. The summed E-state index contributed by atoms with van der Waals surface area (Å²) in [6, 6.07) is 8.01. The number of nitriles is 1. The Kier molecular flexibility index (Phi) is 7.27. The van der Waals surface area contributed by atoms with Crippen LogP contribution in [0.4, 0.5) is 13.8 Å². The van der Waals surface area contributed by atoms with Crippen molar-refractivity contribution >= 4 is 32.3 Å². The van der Waals surface area contributed by atoms with E-state index in [2.05, 4.69) is 30.1 Å². The number of benzene rings is 1. The molecule has 0 saturated heterocycles. The van der Waals surface area contributed by atoms with Crippen molar-refractivity contribution in [1.29, 1.82) is 5.26 Å². The van der Waals surface area contributed by atoms with Gasteiger partial charge in [0.25, 0.3) is 0 Å². The number of hydrogen-bond donors (Lipinski definition) is 2. The summed E-state index contributed by atoms with van der Waals surface area (Å²) in [4.78, 5) is 16.1. The Morgan fingerprint density at radius 2 is 1.89 bits per heavy atom. The molecule has 0 spiro atoms. The summed E-state index contributed by atoms with van der Waals surface area (Å²) in [6.07, 6.45) is 2.27. The zero-order valence-corrected chi connectivity index (χ0v) is 21.9. The number of alkyl halides is 2. The maximum atomic E-state index is 13.5. The van der Waals surface area contributed by atoms with E-state index < -0.39 is 15.9 Å². The number of carbonyl (C=O) groups excluding carboxylic acids is 1. The Labute approximate surface area is 214 Å². The highest BCUT2D eigenvalue weighted by Crippen LogP contribution is 2.47. The van der Waals surface area contributed by atoms with Crippen LogP contribution in [-0.4, -0.2) is 37.2 Å². The zero-order chi connectivity index (χ0) is 26.3. The summed E-state index contributed by atoms with van der Waals surface area (Å²) in [6.45, 7) is 5.30. The van der Waals surface area contributed by atoms with Gasteiger partial charge in [0, 0.05) is 48.3 Å². The molecule has 11 heteroatoms. The fourth-order valence-electron chi connectivity index (χ4n) is 5.38. The van der Waals surface area contributed by atoms with Gasteiger partial charge in [-0.25, -0.2) is 22.3 Å². The maximum Gasteiger partial charge on any atom is 0.248 e. The van der Waals surface area contributed by atoms with Crippen LogP contribution in [0.2, 0.25) is 0 Å². The third kappa shape index (κ3) is 5.32. The molecule has 2 heterocycles. The minimum atomic E-state index is -3.81. The van der Waals surface area contributed by atoms with Gasteiger partial charge in [0.2, 0.25) is 21.9 Å². The van der Waals surface area contributed by atoms with Crippen molar-refractivity contribution in [3.63, 3.8) is 0 Å². The average molecular weight is 537 g/mol. The van der Waals surface area contributed by atoms with Crippen LogP contribution in [0.25, 0.3) is 0 Å². The quantitative estimate of drug-likeness (QED) is 0.518. The van der Waals surface area contributed by atoms with Crippen molar-refractivity contribution in [3.8, 4) is 6.07 Å². The summed E-state index contributed by atoms with van der Waals surface area (Å²) in [5, 5.41) is 18.4. The lowest BCUT2D eigenvalue weighted by molar-refractivity contribution is -0.124. The van der Waals surface area contributed by atoms with Crippen molar-refractivity contribution in [1.82, 2.24) is 4.90 Å². The van der Waals surface area contributed by atoms with E-state index in [0.717, 1.165) is 23.3 Å². The Morgan fingerprint density at radius 3 is 2.42 bits per heavy atom. The number of amides is 1. The van der Waals surface area contributed by atoms with Gasteiger partial charge in [-0.15, -0.1) is 11.3 Å². The molecule has 0 atom stereocenters. The molecule has 194 valence electrons. The topological polar surface area (TPSA) is 116 Å². The summed E-state index contributed by atoms with van der Waals surface area (Å²) in [5.41, 5.74) is 1.75. The minimum Gasteiger partial charge on any atom is -0.316 e.